The van der Waals surface area contributed by atoms with E-state index in [1.165, 1.54) is 6.92 Å². The normalized spacial score (nSPS) is 11.2. The maximum Gasteiger partial charge on any atom is 0.451 e. The minimum atomic E-state index is -4.81. The van der Waals surface area contributed by atoms with Crippen molar-refractivity contribution in [2.45, 2.75) is 19.6 Å². The van der Waals surface area contributed by atoms with Gasteiger partial charge in [-0.1, -0.05) is 30.3 Å². The molecule has 9 heteroatoms. The maximum absolute atomic E-state index is 12.8. The second kappa shape index (κ2) is 7.29. The van der Waals surface area contributed by atoms with E-state index in [1.54, 1.807) is 30.3 Å². The lowest BCUT2D eigenvalue weighted by atomic mass is 10.2. The molecular formula is C16H14F3N3O3. The van der Waals surface area contributed by atoms with E-state index in [-0.39, 0.29) is 12.2 Å². The Balaban J connectivity index is 2.36. The zero-order valence-electron chi connectivity index (χ0n) is 13.1. The minimum absolute atomic E-state index is 0.0411. The molecule has 25 heavy (non-hydrogen) atoms. The predicted molar refractivity (Wildman–Crippen MR) is 80.6 cm³/mol. The van der Waals surface area contributed by atoms with Crippen LogP contribution in [0.25, 0.3) is 0 Å². The number of carbonyl (C=O) groups excluding carboxylic acids is 1. The average molecular weight is 353 g/mol. The van der Waals surface area contributed by atoms with E-state index in [2.05, 4.69) is 9.97 Å². The molecule has 0 atom stereocenters. The summed E-state index contributed by atoms with van der Waals surface area (Å²) < 4.78 is 38.5. The summed E-state index contributed by atoms with van der Waals surface area (Å²) in [5.41, 5.74) is 0.0941. The van der Waals surface area contributed by atoms with E-state index in [4.69, 9.17) is 5.11 Å². The average Bonchev–Trinajstić information content (AvgIpc) is 2.52. The smallest absolute Gasteiger partial charge is 0.451 e. The molecule has 0 aliphatic rings. The summed E-state index contributed by atoms with van der Waals surface area (Å²) in [4.78, 5) is 31.0. The second-order valence-electron chi connectivity index (χ2n) is 5.26. The molecule has 1 heterocycles. The molecule has 2 rings (SSSR count). The quantitative estimate of drug-likeness (QED) is 0.893. The first-order valence-electron chi connectivity index (χ1n) is 7.14. The largest absolute Gasteiger partial charge is 0.480 e. The van der Waals surface area contributed by atoms with E-state index >= 15 is 0 Å². The van der Waals surface area contributed by atoms with Gasteiger partial charge in [0.1, 0.15) is 12.2 Å². The molecule has 1 aromatic heterocycles. The molecule has 1 amide bonds. The fraction of sp³-hybridized carbons (Fsp3) is 0.250. The highest BCUT2D eigenvalue weighted by molar-refractivity contribution is 5.94. The summed E-state index contributed by atoms with van der Waals surface area (Å²) in [6, 6.07) is 9.60. The third-order valence-corrected chi connectivity index (χ3v) is 3.16. The first-order valence-corrected chi connectivity index (χ1v) is 7.14. The first-order chi connectivity index (χ1) is 11.7. The van der Waals surface area contributed by atoms with Crippen molar-refractivity contribution in [2.75, 3.05) is 6.54 Å². The van der Waals surface area contributed by atoms with Crippen LogP contribution < -0.4 is 0 Å². The first kappa shape index (κ1) is 18.4. The van der Waals surface area contributed by atoms with Gasteiger partial charge in [0, 0.05) is 12.2 Å². The molecule has 0 radical (unpaired) electrons. The lowest BCUT2D eigenvalue weighted by Crippen LogP contribution is -2.36. The number of aliphatic carboxylic acids is 1. The van der Waals surface area contributed by atoms with Crippen molar-refractivity contribution in [2.24, 2.45) is 0 Å². The van der Waals surface area contributed by atoms with E-state index in [0.717, 1.165) is 11.0 Å². The van der Waals surface area contributed by atoms with Gasteiger partial charge in [-0.05, 0) is 18.6 Å². The SMILES string of the molecule is Cc1cc(C(=O)N(CC(=O)O)Cc2ccccc2)nc(C(F)(F)F)n1. The molecule has 1 aromatic carbocycles. The fourth-order valence-corrected chi connectivity index (χ4v) is 2.13. The number of alkyl halides is 3. The van der Waals surface area contributed by atoms with Crippen molar-refractivity contribution in [1.29, 1.82) is 0 Å². The number of amides is 1. The van der Waals surface area contributed by atoms with Gasteiger partial charge in [0.2, 0.25) is 5.82 Å². The Bertz CT molecular complexity index is 779. The molecule has 0 aliphatic heterocycles. The Kier molecular flexibility index (Phi) is 5.35. The molecule has 0 saturated heterocycles. The van der Waals surface area contributed by atoms with Crippen LogP contribution in [0, 0.1) is 6.92 Å². The van der Waals surface area contributed by atoms with Crippen molar-refractivity contribution < 1.29 is 27.9 Å². The van der Waals surface area contributed by atoms with Crippen molar-refractivity contribution in [3.8, 4) is 0 Å². The Morgan fingerprint density at radius 3 is 2.36 bits per heavy atom. The molecule has 0 aliphatic carbocycles. The van der Waals surface area contributed by atoms with Gasteiger partial charge in [0.15, 0.2) is 0 Å². The summed E-state index contributed by atoms with van der Waals surface area (Å²) in [6.45, 7) is 0.556. The number of rotatable bonds is 5. The number of carboxylic acid groups (broad SMARTS) is 1. The highest BCUT2D eigenvalue weighted by Gasteiger charge is 2.36. The standard InChI is InChI=1S/C16H14F3N3O3/c1-10-7-12(21-15(20-10)16(17,18)19)14(25)22(9-13(23)24)8-11-5-3-2-4-6-11/h2-7H,8-9H2,1H3,(H,23,24). The van der Waals surface area contributed by atoms with Crippen molar-refractivity contribution in [3.63, 3.8) is 0 Å². The molecular weight excluding hydrogens is 339 g/mol. The van der Waals surface area contributed by atoms with E-state index in [0.29, 0.717) is 5.56 Å². The Hall–Kier alpha value is -2.97. The van der Waals surface area contributed by atoms with Gasteiger partial charge < -0.3 is 10.0 Å². The van der Waals surface area contributed by atoms with Gasteiger partial charge in [-0.15, -0.1) is 0 Å². The molecule has 0 fully saturated rings. The van der Waals surface area contributed by atoms with E-state index in [9.17, 15) is 22.8 Å². The zero-order valence-corrected chi connectivity index (χ0v) is 13.1. The van der Waals surface area contributed by atoms with Crippen LogP contribution >= 0.6 is 0 Å². The van der Waals surface area contributed by atoms with Crippen LogP contribution in [0.1, 0.15) is 27.6 Å². The van der Waals surface area contributed by atoms with Crippen LogP contribution in [0.2, 0.25) is 0 Å². The van der Waals surface area contributed by atoms with Crippen LogP contribution in [0.5, 0.6) is 0 Å². The van der Waals surface area contributed by atoms with Gasteiger partial charge in [0.25, 0.3) is 5.91 Å². The van der Waals surface area contributed by atoms with Gasteiger partial charge >= 0.3 is 12.1 Å². The van der Waals surface area contributed by atoms with Crippen LogP contribution in [0.15, 0.2) is 36.4 Å². The number of benzene rings is 1. The predicted octanol–water partition coefficient (Wildman–Crippen LogP) is 2.53. The topological polar surface area (TPSA) is 83.4 Å². The number of aromatic nitrogens is 2. The van der Waals surface area contributed by atoms with Crippen molar-refractivity contribution >= 4 is 11.9 Å². The van der Waals surface area contributed by atoms with Crippen LogP contribution in [-0.4, -0.2) is 38.4 Å². The third kappa shape index (κ3) is 5.00. The summed E-state index contributed by atoms with van der Waals surface area (Å²) in [5.74, 6) is -3.64. The molecule has 0 saturated carbocycles. The van der Waals surface area contributed by atoms with Crippen molar-refractivity contribution in [1.82, 2.24) is 14.9 Å². The highest BCUT2D eigenvalue weighted by atomic mass is 19.4. The van der Waals surface area contributed by atoms with Crippen LogP contribution in [0.4, 0.5) is 13.2 Å². The summed E-state index contributed by atoms with van der Waals surface area (Å²) >= 11 is 0. The molecule has 1 N–H and O–H groups in total. The molecule has 0 spiro atoms. The number of carbonyl (C=O) groups is 2. The molecule has 0 bridgehead atoms. The number of halogens is 3. The molecule has 132 valence electrons. The minimum Gasteiger partial charge on any atom is -0.480 e. The maximum atomic E-state index is 12.8. The Morgan fingerprint density at radius 1 is 1.16 bits per heavy atom. The third-order valence-electron chi connectivity index (χ3n) is 3.16. The lowest BCUT2D eigenvalue weighted by molar-refractivity contribution is -0.145. The number of hydrogen-bond acceptors (Lipinski definition) is 4. The number of nitrogens with zero attached hydrogens (tertiary/aromatic N) is 3. The summed E-state index contributed by atoms with van der Waals surface area (Å²) in [6.07, 6.45) is -4.81. The van der Waals surface area contributed by atoms with Gasteiger partial charge in [-0.25, -0.2) is 9.97 Å². The number of aryl methyl sites for hydroxylation is 1. The zero-order chi connectivity index (χ0) is 18.6. The van der Waals surface area contributed by atoms with Crippen LogP contribution in [0.3, 0.4) is 0 Å². The summed E-state index contributed by atoms with van der Waals surface area (Å²) in [7, 11) is 0. The fourth-order valence-electron chi connectivity index (χ4n) is 2.13. The molecule has 6 nitrogen and oxygen atoms in total. The highest BCUT2D eigenvalue weighted by Crippen LogP contribution is 2.26. The lowest BCUT2D eigenvalue weighted by Gasteiger charge is -2.21. The monoisotopic (exact) mass is 353 g/mol. The van der Waals surface area contributed by atoms with E-state index in [1.807, 2.05) is 0 Å². The van der Waals surface area contributed by atoms with E-state index < -0.39 is 36.1 Å². The number of carboxylic acids is 1. The van der Waals surface area contributed by atoms with Gasteiger partial charge in [-0.2, -0.15) is 13.2 Å². The van der Waals surface area contributed by atoms with Gasteiger partial charge in [0.05, 0.1) is 0 Å². The van der Waals surface area contributed by atoms with Crippen molar-refractivity contribution in [3.05, 3.63) is 59.2 Å². The Labute approximate surface area is 140 Å². The van der Waals surface area contributed by atoms with Crippen LogP contribution in [-0.2, 0) is 17.5 Å². The second-order valence-corrected chi connectivity index (χ2v) is 5.26. The molecule has 0 unspecified atom stereocenters. The van der Waals surface area contributed by atoms with Gasteiger partial charge in [-0.3, -0.25) is 9.59 Å². The summed E-state index contributed by atoms with van der Waals surface area (Å²) in [5, 5.41) is 8.99. The Morgan fingerprint density at radius 2 is 1.80 bits per heavy atom. The molecule has 2 aromatic rings. The number of hydrogen-bond donors (Lipinski definition) is 1.